The Balaban J connectivity index is 2.71. The highest BCUT2D eigenvalue weighted by Crippen LogP contribution is 2.28. The molecule has 0 radical (unpaired) electrons. The number of nitrogens with zero attached hydrogens (tertiary/aromatic N) is 2. The van der Waals surface area contributed by atoms with E-state index in [1.165, 1.54) is 19.4 Å². The van der Waals surface area contributed by atoms with E-state index in [1.807, 2.05) is 27.7 Å². The molecule has 34 heavy (non-hydrogen) atoms. The molecule has 0 bridgehead atoms. The lowest BCUT2D eigenvalue weighted by molar-refractivity contribution is -0.160. The zero-order chi connectivity index (χ0) is 26.3. The number of esters is 1. The van der Waals surface area contributed by atoms with E-state index in [0.29, 0.717) is 38.5 Å². The largest absolute Gasteiger partial charge is 0.460 e. The van der Waals surface area contributed by atoms with Crippen molar-refractivity contribution in [3.8, 4) is 0 Å². The van der Waals surface area contributed by atoms with E-state index >= 15 is 0 Å². The summed E-state index contributed by atoms with van der Waals surface area (Å²) < 4.78 is 19.5. The fraction of sp³-hybridized carbons (Fsp3) is 0.714. The Morgan fingerprint density at radius 1 is 1.06 bits per heavy atom. The maximum atomic E-state index is 14.0. The zero-order valence-electron chi connectivity index (χ0n) is 23.0. The number of carbonyl (C=O) groups is 2. The number of allylic oxidation sites excluding steroid dienone is 1. The highest BCUT2D eigenvalue weighted by atomic mass is 19.1. The predicted octanol–water partition coefficient (Wildman–Crippen LogP) is 7.46. The SMILES string of the molecule is C/C(=C\c1cnc(C(=O)CCCCC(CCC(C)(C)F)C(=O)OC(C)(C)C)nc1C)C(C)(C)C. The molecule has 1 heterocycles. The molecule has 5 nitrogen and oxygen atoms in total. The molecule has 0 aromatic carbocycles. The van der Waals surface area contributed by atoms with Gasteiger partial charge in [-0.05, 0) is 79.6 Å². The minimum Gasteiger partial charge on any atom is -0.460 e. The number of ether oxygens (including phenoxy) is 1. The summed E-state index contributed by atoms with van der Waals surface area (Å²) in [5.74, 6) is -0.549. The highest BCUT2D eigenvalue weighted by Gasteiger charge is 2.27. The Morgan fingerprint density at radius 2 is 1.68 bits per heavy atom. The third kappa shape index (κ3) is 11.3. The van der Waals surface area contributed by atoms with Crippen molar-refractivity contribution >= 4 is 17.8 Å². The molecular formula is C28H45FN2O3. The van der Waals surface area contributed by atoms with Crippen LogP contribution in [0.25, 0.3) is 6.08 Å². The number of alkyl halides is 1. The summed E-state index contributed by atoms with van der Waals surface area (Å²) in [7, 11) is 0. The molecule has 0 saturated heterocycles. The standard InChI is InChI=1S/C28H45FN2O3/c1-19(26(3,4)5)17-22-18-30-24(31-20(22)2)23(32)14-12-11-13-21(15-16-28(9,10)29)25(33)34-27(6,7)8/h17-18,21H,11-16H2,1-10H3/b19-17+. The highest BCUT2D eigenvalue weighted by molar-refractivity contribution is 5.92. The van der Waals surface area contributed by atoms with Crippen LogP contribution in [0.2, 0.25) is 0 Å². The van der Waals surface area contributed by atoms with Crippen LogP contribution in [0, 0.1) is 18.3 Å². The van der Waals surface area contributed by atoms with Crippen molar-refractivity contribution in [2.75, 3.05) is 0 Å². The second kappa shape index (κ2) is 12.0. The van der Waals surface area contributed by atoms with Gasteiger partial charge in [-0.2, -0.15) is 0 Å². The molecule has 1 unspecified atom stereocenters. The van der Waals surface area contributed by atoms with Crippen molar-refractivity contribution in [1.29, 1.82) is 0 Å². The van der Waals surface area contributed by atoms with Gasteiger partial charge >= 0.3 is 5.97 Å². The maximum absolute atomic E-state index is 14.0. The third-order valence-corrected chi connectivity index (χ3v) is 5.86. The first-order valence-corrected chi connectivity index (χ1v) is 12.4. The molecule has 0 spiro atoms. The number of carbonyl (C=O) groups excluding carboxylic acids is 2. The Morgan fingerprint density at radius 3 is 2.18 bits per heavy atom. The number of rotatable bonds is 11. The summed E-state index contributed by atoms with van der Waals surface area (Å²) in [6.45, 7) is 18.9. The summed E-state index contributed by atoms with van der Waals surface area (Å²) >= 11 is 0. The number of hydrogen-bond acceptors (Lipinski definition) is 5. The molecular weight excluding hydrogens is 431 g/mol. The minimum absolute atomic E-state index is 0.0536. The van der Waals surface area contributed by atoms with Crippen LogP contribution >= 0.6 is 0 Å². The molecule has 0 N–H and O–H groups in total. The quantitative estimate of drug-likeness (QED) is 0.188. The molecule has 1 atom stereocenters. The van der Waals surface area contributed by atoms with Gasteiger partial charge in [0.1, 0.15) is 11.3 Å². The summed E-state index contributed by atoms with van der Waals surface area (Å²) in [4.78, 5) is 33.9. The average molecular weight is 477 g/mol. The van der Waals surface area contributed by atoms with E-state index in [2.05, 4.69) is 43.7 Å². The van der Waals surface area contributed by atoms with Gasteiger partial charge in [-0.25, -0.2) is 14.4 Å². The van der Waals surface area contributed by atoms with E-state index in [9.17, 15) is 14.0 Å². The summed E-state index contributed by atoms with van der Waals surface area (Å²) in [6.07, 6.45) is 6.66. The Labute approximate surface area is 206 Å². The molecule has 0 saturated carbocycles. The van der Waals surface area contributed by atoms with Gasteiger partial charge in [0.15, 0.2) is 11.6 Å². The van der Waals surface area contributed by atoms with Crippen molar-refractivity contribution in [2.45, 2.75) is 119 Å². The molecule has 0 amide bonds. The van der Waals surface area contributed by atoms with Crippen molar-refractivity contribution in [1.82, 2.24) is 9.97 Å². The number of hydrogen-bond donors (Lipinski definition) is 0. The lowest BCUT2D eigenvalue weighted by Crippen LogP contribution is -2.29. The average Bonchev–Trinajstić information content (AvgIpc) is 2.65. The summed E-state index contributed by atoms with van der Waals surface area (Å²) in [5.41, 5.74) is 1.05. The number of ketones is 1. The third-order valence-electron chi connectivity index (χ3n) is 5.86. The maximum Gasteiger partial charge on any atom is 0.309 e. The number of aryl methyl sites for hydroxylation is 1. The molecule has 1 rings (SSSR count). The molecule has 1 aromatic heterocycles. The van der Waals surface area contributed by atoms with Crippen LogP contribution in [0.3, 0.4) is 0 Å². The molecule has 0 aliphatic carbocycles. The van der Waals surface area contributed by atoms with Crippen LogP contribution in [-0.2, 0) is 9.53 Å². The number of halogens is 1. The monoisotopic (exact) mass is 476 g/mol. The van der Waals surface area contributed by atoms with Crippen molar-refractivity contribution < 1.29 is 18.7 Å². The molecule has 6 heteroatoms. The summed E-state index contributed by atoms with van der Waals surface area (Å²) in [6, 6.07) is 0. The minimum atomic E-state index is -1.34. The first-order chi connectivity index (χ1) is 15.4. The van der Waals surface area contributed by atoms with E-state index < -0.39 is 11.3 Å². The van der Waals surface area contributed by atoms with Crippen LogP contribution in [0.5, 0.6) is 0 Å². The number of Topliss-reactive ketones (excluding diaryl/α,β-unsaturated/α-hetero) is 1. The van der Waals surface area contributed by atoms with Gasteiger partial charge < -0.3 is 4.74 Å². The topological polar surface area (TPSA) is 69.2 Å². The van der Waals surface area contributed by atoms with Crippen LogP contribution in [0.4, 0.5) is 4.39 Å². The van der Waals surface area contributed by atoms with Crippen molar-refractivity contribution in [2.24, 2.45) is 11.3 Å². The van der Waals surface area contributed by atoms with Crippen LogP contribution < -0.4 is 0 Å². The van der Waals surface area contributed by atoms with E-state index in [4.69, 9.17) is 4.74 Å². The Kier molecular flexibility index (Phi) is 10.6. The first-order valence-electron chi connectivity index (χ1n) is 12.4. The first kappa shape index (κ1) is 29.9. The molecule has 0 aliphatic heterocycles. The van der Waals surface area contributed by atoms with Crippen molar-refractivity contribution in [3.63, 3.8) is 0 Å². The zero-order valence-corrected chi connectivity index (χ0v) is 23.0. The van der Waals surface area contributed by atoms with Gasteiger partial charge in [0.25, 0.3) is 0 Å². The van der Waals surface area contributed by atoms with E-state index in [1.54, 1.807) is 6.20 Å². The summed E-state index contributed by atoms with van der Waals surface area (Å²) in [5, 5.41) is 0. The van der Waals surface area contributed by atoms with Gasteiger partial charge in [-0.3, -0.25) is 9.59 Å². The fourth-order valence-corrected chi connectivity index (χ4v) is 3.27. The number of aromatic nitrogens is 2. The van der Waals surface area contributed by atoms with Crippen LogP contribution in [0.15, 0.2) is 11.8 Å². The van der Waals surface area contributed by atoms with Crippen LogP contribution in [0.1, 0.15) is 123 Å². The predicted molar refractivity (Wildman–Crippen MR) is 136 cm³/mol. The molecule has 0 aliphatic rings. The lowest BCUT2D eigenvalue weighted by Gasteiger charge is -2.25. The molecule has 1 aromatic rings. The van der Waals surface area contributed by atoms with Crippen molar-refractivity contribution in [3.05, 3.63) is 28.9 Å². The van der Waals surface area contributed by atoms with Gasteiger partial charge in [0.05, 0.1) is 5.92 Å². The van der Waals surface area contributed by atoms with Gasteiger partial charge in [-0.15, -0.1) is 0 Å². The lowest BCUT2D eigenvalue weighted by atomic mass is 9.86. The smallest absolute Gasteiger partial charge is 0.309 e. The van der Waals surface area contributed by atoms with Gasteiger partial charge in [0.2, 0.25) is 0 Å². The second-order valence-electron chi connectivity index (χ2n) is 12.0. The Hall–Kier alpha value is -2.11. The molecule has 192 valence electrons. The van der Waals surface area contributed by atoms with Gasteiger partial charge in [-0.1, -0.05) is 38.8 Å². The normalized spacial score (nSPS) is 14.1. The van der Waals surface area contributed by atoms with E-state index in [0.717, 1.165) is 11.3 Å². The Bertz CT molecular complexity index is 871. The molecule has 0 fully saturated rings. The number of unbranched alkanes of at least 4 members (excludes halogenated alkanes) is 1. The second-order valence-corrected chi connectivity index (χ2v) is 12.0. The van der Waals surface area contributed by atoms with Gasteiger partial charge in [0, 0.05) is 23.9 Å². The van der Waals surface area contributed by atoms with E-state index in [-0.39, 0.29) is 28.9 Å². The van der Waals surface area contributed by atoms with Crippen LogP contribution in [-0.4, -0.2) is 33.0 Å². The fourth-order valence-electron chi connectivity index (χ4n) is 3.27.